The summed E-state index contributed by atoms with van der Waals surface area (Å²) < 4.78 is 41.4. The zero-order valence-electron chi connectivity index (χ0n) is 12.7. The van der Waals surface area contributed by atoms with Crippen LogP contribution in [0.5, 0.6) is 0 Å². The van der Waals surface area contributed by atoms with Crippen molar-refractivity contribution in [2.75, 3.05) is 4.90 Å². The lowest BCUT2D eigenvalue weighted by Gasteiger charge is -2.18. The van der Waals surface area contributed by atoms with Gasteiger partial charge in [-0.1, -0.05) is 18.2 Å². The van der Waals surface area contributed by atoms with Crippen molar-refractivity contribution in [2.24, 2.45) is 5.92 Å². The highest BCUT2D eigenvalue weighted by Crippen LogP contribution is 2.59. The molecular weight excluding hydrogens is 353 g/mol. The lowest BCUT2D eigenvalue weighted by Crippen LogP contribution is -2.32. The van der Waals surface area contributed by atoms with E-state index in [1.165, 1.54) is 11.8 Å². The topological polar surface area (TPSA) is 42.3 Å². The monoisotopic (exact) mass is 364 g/mol. The molecule has 0 aliphatic carbocycles. The van der Waals surface area contributed by atoms with Gasteiger partial charge in [0.1, 0.15) is 0 Å². The number of rotatable bonds is 1. The average molecular weight is 364 g/mol. The predicted octanol–water partition coefficient (Wildman–Crippen LogP) is 3.54. The maximum atomic E-state index is 13.3. The Morgan fingerprint density at radius 3 is 2.48 bits per heavy atom. The minimum Gasteiger partial charge on any atom is -0.333 e. The van der Waals surface area contributed by atoms with E-state index in [1.807, 2.05) is 0 Å². The number of imide groups is 1. The number of alkyl halides is 3. The van der Waals surface area contributed by atoms with Gasteiger partial charge in [-0.25, -0.2) is 4.90 Å². The molecule has 0 N–H and O–H groups in total. The largest absolute Gasteiger partial charge is 0.418 e. The Morgan fingerprint density at radius 1 is 1.08 bits per heavy atom. The molecule has 4 heterocycles. The standard InChI is InChI=1S/C17H11F3N2O2S/c18-17(19,20)9-6-10-12-13(16-22(10)11(9)7-25-16)15(24)21(14(12)23)8-4-2-1-3-5-8/h1-6,12-13,16H,7H2/t12-,13+,16-/m0/s1. The highest BCUT2D eigenvalue weighted by atomic mass is 32.2. The number of halogens is 3. The molecule has 0 spiro atoms. The lowest BCUT2D eigenvalue weighted by atomic mass is 9.95. The van der Waals surface area contributed by atoms with E-state index in [0.717, 1.165) is 11.0 Å². The minimum absolute atomic E-state index is 0.179. The van der Waals surface area contributed by atoms with E-state index < -0.39 is 34.9 Å². The number of hydrogen-bond acceptors (Lipinski definition) is 3. The van der Waals surface area contributed by atoms with Crippen LogP contribution in [-0.2, 0) is 21.5 Å². The molecule has 1 fully saturated rings. The molecule has 1 aromatic heterocycles. The summed E-state index contributed by atoms with van der Waals surface area (Å²) in [6, 6.07) is 9.59. The summed E-state index contributed by atoms with van der Waals surface area (Å²) in [6.45, 7) is 0. The van der Waals surface area contributed by atoms with Gasteiger partial charge in [0.05, 0.1) is 28.5 Å². The third-order valence-corrected chi connectivity index (χ3v) is 6.40. The number of anilines is 1. The number of benzene rings is 1. The molecule has 0 saturated carbocycles. The van der Waals surface area contributed by atoms with Crippen molar-refractivity contribution in [3.8, 4) is 0 Å². The third kappa shape index (κ3) is 1.80. The van der Waals surface area contributed by atoms with E-state index >= 15 is 0 Å². The van der Waals surface area contributed by atoms with Gasteiger partial charge in [-0.15, -0.1) is 11.8 Å². The van der Waals surface area contributed by atoms with Crippen molar-refractivity contribution < 1.29 is 22.8 Å². The van der Waals surface area contributed by atoms with E-state index in [9.17, 15) is 22.8 Å². The molecule has 0 unspecified atom stereocenters. The molecule has 128 valence electrons. The van der Waals surface area contributed by atoms with Gasteiger partial charge in [0, 0.05) is 17.1 Å². The van der Waals surface area contributed by atoms with Gasteiger partial charge in [0.15, 0.2) is 0 Å². The van der Waals surface area contributed by atoms with Gasteiger partial charge in [-0.3, -0.25) is 9.59 Å². The second kappa shape index (κ2) is 4.69. The molecule has 8 heteroatoms. The van der Waals surface area contributed by atoms with E-state index in [1.54, 1.807) is 34.9 Å². The Bertz CT molecular complexity index is 922. The predicted molar refractivity (Wildman–Crippen MR) is 84.9 cm³/mol. The molecular formula is C17H11F3N2O2S. The molecule has 0 radical (unpaired) electrons. The SMILES string of the molecule is O=C1[C@H]2[C@@H](C(=O)N1c1ccccc1)c1cc(C(F)(F)F)c3n1[C@H]2SC3. The first kappa shape index (κ1) is 15.1. The molecule has 0 bridgehead atoms. The highest BCUT2D eigenvalue weighted by molar-refractivity contribution is 7.98. The van der Waals surface area contributed by atoms with Crippen LogP contribution in [0.1, 0.15) is 28.2 Å². The van der Waals surface area contributed by atoms with Crippen LogP contribution in [-0.4, -0.2) is 16.4 Å². The second-order valence-electron chi connectivity index (χ2n) is 6.35. The number of aromatic nitrogens is 1. The zero-order valence-corrected chi connectivity index (χ0v) is 13.5. The maximum absolute atomic E-state index is 13.3. The number of thioether (sulfide) groups is 1. The van der Waals surface area contributed by atoms with Crippen molar-refractivity contribution in [2.45, 2.75) is 23.2 Å². The quantitative estimate of drug-likeness (QED) is 0.727. The number of amides is 2. The fourth-order valence-corrected chi connectivity index (χ4v) is 5.65. The van der Waals surface area contributed by atoms with Crippen molar-refractivity contribution in [3.63, 3.8) is 0 Å². The zero-order chi connectivity index (χ0) is 17.5. The van der Waals surface area contributed by atoms with E-state index in [0.29, 0.717) is 11.4 Å². The Balaban J connectivity index is 1.64. The molecule has 1 aromatic carbocycles. The smallest absolute Gasteiger partial charge is 0.333 e. The summed E-state index contributed by atoms with van der Waals surface area (Å²) in [5.41, 5.74) is 0.275. The van der Waals surface area contributed by atoms with Gasteiger partial charge < -0.3 is 4.57 Å². The number of carbonyl (C=O) groups is 2. The van der Waals surface area contributed by atoms with E-state index in [2.05, 4.69) is 0 Å². The highest BCUT2D eigenvalue weighted by Gasteiger charge is 2.61. The maximum Gasteiger partial charge on any atom is 0.418 e. The van der Waals surface area contributed by atoms with Gasteiger partial charge in [-0.05, 0) is 18.2 Å². The van der Waals surface area contributed by atoms with Crippen LogP contribution < -0.4 is 4.90 Å². The summed E-state index contributed by atoms with van der Waals surface area (Å²) in [7, 11) is 0. The van der Waals surface area contributed by atoms with Crippen molar-refractivity contribution in [1.82, 2.24) is 4.57 Å². The number of para-hydroxylation sites is 1. The van der Waals surface area contributed by atoms with Gasteiger partial charge in [0.25, 0.3) is 0 Å². The Labute approximate surface area is 144 Å². The first-order valence-corrected chi connectivity index (χ1v) is 8.80. The van der Waals surface area contributed by atoms with Gasteiger partial charge in [0.2, 0.25) is 11.8 Å². The van der Waals surface area contributed by atoms with Crippen molar-refractivity contribution >= 4 is 29.3 Å². The number of carbonyl (C=O) groups excluding carboxylic acids is 2. The normalized spacial score (nSPS) is 27.2. The van der Waals surface area contributed by atoms with Crippen LogP contribution in [0.2, 0.25) is 0 Å². The van der Waals surface area contributed by atoms with Crippen LogP contribution in [0, 0.1) is 5.92 Å². The number of nitrogens with zero attached hydrogens (tertiary/aromatic N) is 2. The molecule has 1 saturated heterocycles. The summed E-state index contributed by atoms with van der Waals surface area (Å²) >= 11 is 1.30. The molecule has 25 heavy (non-hydrogen) atoms. The summed E-state index contributed by atoms with van der Waals surface area (Å²) in [5, 5.41) is -0.434. The lowest BCUT2D eigenvalue weighted by molar-refractivity contribution is -0.138. The fraction of sp³-hybridized carbons (Fsp3) is 0.294. The molecule has 3 aliphatic rings. The Kier molecular flexibility index (Phi) is 2.83. The van der Waals surface area contributed by atoms with Crippen molar-refractivity contribution in [1.29, 1.82) is 0 Å². The fourth-order valence-electron chi connectivity index (χ4n) is 4.14. The van der Waals surface area contributed by atoms with E-state index in [-0.39, 0.29) is 17.4 Å². The van der Waals surface area contributed by atoms with Crippen molar-refractivity contribution in [3.05, 3.63) is 53.3 Å². The summed E-state index contributed by atoms with van der Waals surface area (Å²) in [6.07, 6.45) is -4.46. The number of hydrogen-bond donors (Lipinski definition) is 0. The van der Waals surface area contributed by atoms with Crippen LogP contribution in [0.15, 0.2) is 36.4 Å². The molecule has 3 atom stereocenters. The first-order chi connectivity index (χ1) is 11.9. The van der Waals surface area contributed by atoms with Crippen LogP contribution in [0.3, 0.4) is 0 Å². The van der Waals surface area contributed by atoms with Crippen LogP contribution in [0.25, 0.3) is 0 Å². The molecule has 5 rings (SSSR count). The van der Waals surface area contributed by atoms with Crippen LogP contribution >= 0.6 is 11.8 Å². The van der Waals surface area contributed by atoms with E-state index in [4.69, 9.17) is 0 Å². The third-order valence-electron chi connectivity index (χ3n) is 5.11. The minimum atomic E-state index is -4.46. The molecule has 4 nitrogen and oxygen atoms in total. The second-order valence-corrected chi connectivity index (χ2v) is 7.45. The average Bonchev–Trinajstić information content (AvgIpc) is 3.25. The molecule has 2 aromatic rings. The molecule has 3 aliphatic heterocycles. The van der Waals surface area contributed by atoms with Crippen LogP contribution in [0.4, 0.5) is 18.9 Å². The molecule has 2 amide bonds. The summed E-state index contributed by atoms with van der Waals surface area (Å²) in [5.74, 6) is -2.03. The Morgan fingerprint density at radius 2 is 1.80 bits per heavy atom. The first-order valence-electron chi connectivity index (χ1n) is 7.75. The summed E-state index contributed by atoms with van der Waals surface area (Å²) in [4.78, 5) is 26.9. The number of fused-ring (bicyclic) bond motifs is 3. The van der Waals surface area contributed by atoms with Gasteiger partial charge in [-0.2, -0.15) is 13.2 Å². The van der Waals surface area contributed by atoms with Gasteiger partial charge >= 0.3 is 6.18 Å². The Hall–Kier alpha value is -2.22.